The first-order chi connectivity index (χ1) is 19.1. The SMILES string of the molecule is CCOC(=O)c1ncsc1Nc1ncnc(-c2ccc(OC3CCN(C(=O)OC(C)(C)C)CC3F)c(C#N)c2)n1. The minimum atomic E-state index is -1.46. The van der Waals surface area contributed by atoms with Gasteiger partial charge in [-0.15, -0.1) is 11.3 Å². The van der Waals surface area contributed by atoms with Crippen molar-refractivity contribution in [1.29, 1.82) is 5.26 Å². The van der Waals surface area contributed by atoms with Crippen molar-refractivity contribution in [3.05, 3.63) is 41.3 Å². The van der Waals surface area contributed by atoms with E-state index >= 15 is 0 Å². The Morgan fingerprint density at radius 3 is 2.77 bits per heavy atom. The molecule has 1 fully saturated rings. The predicted octanol–water partition coefficient (Wildman–Crippen LogP) is 4.51. The van der Waals surface area contributed by atoms with Crippen molar-refractivity contribution < 1.29 is 28.2 Å². The van der Waals surface area contributed by atoms with Gasteiger partial charge in [-0.05, 0) is 45.9 Å². The Morgan fingerprint density at radius 1 is 1.27 bits per heavy atom. The molecule has 210 valence electrons. The van der Waals surface area contributed by atoms with Crippen LogP contribution in [-0.4, -0.2) is 74.5 Å². The van der Waals surface area contributed by atoms with Crippen LogP contribution in [0.15, 0.2) is 30.0 Å². The number of likely N-dealkylation sites (tertiary alicyclic amines) is 1. The number of anilines is 2. The van der Waals surface area contributed by atoms with Crippen molar-refractivity contribution in [2.24, 2.45) is 0 Å². The number of nitrogens with one attached hydrogen (secondary N) is 1. The second-order valence-corrected chi connectivity index (χ2v) is 10.6. The lowest BCUT2D eigenvalue weighted by molar-refractivity contribution is -0.0106. The number of halogens is 1. The number of ether oxygens (including phenoxy) is 3. The molecule has 1 amide bonds. The number of thiazole rings is 1. The van der Waals surface area contributed by atoms with Crippen molar-refractivity contribution >= 4 is 34.3 Å². The van der Waals surface area contributed by atoms with Crippen molar-refractivity contribution in [1.82, 2.24) is 24.8 Å². The topological polar surface area (TPSA) is 152 Å². The minimum absolute atomic E-state index is 0.116. The molecule has 2 unspecified atom stereocenters. The number of aromatic nitrogens is 4. The highest BCUT2D eigenvalue weighted by atomic mass is 32.1. The van der Waals surface area contributed by atoms with E-state index in [1.165, 1.54) is 34.1 Å². The molecule has 0 bridgehead atoms. The maximum Gasteiger partial charge on any atom is 0.410 e. The molecule has 1 aromatic carbocycles. The lowest BCUT2D eigenvalue weighted by Gasteiger charge is -2.35. The predicted molar refractivity (Wildman–Crippen MR) is 143 cm³/mol. The van der Waals surface area contributed by atoms with E-state index in [1.54, 1.807) is 39.8 Å². The molecule has 1 N–H and O–H groups in total. The van der Waals surface area contributed by atoms with E-state index < -0.39 is 29.9 Å². The first-order valence-electron chi connectivity index (χ1n) is 12.5. The van der Waals surface area contributed by atoms with Crippen LogP contribution in [0.3, 0.4) is 0 Å². The minimum Gasteiger partial charge on any atom is -0.486 e. The summed E-state index contributed by atoms with van der Waals surface area (Å²) in [7, 11) is 0. The molecule has 0 saturated carbocycles. The number of carbonyl (C=O) groups excluding carboxylic acids is 2. The zero-order valence-electron chi connectivity index (χ0n) is 22.4. The van der Waals surface area contributed by atoms with Gasteiger partial charge in [0, 0.05) is 18.5 Å². The standard InChI is InChI=1S/C26H28FN7O5S/c1-5-37-23(35)20-22(40-14-31-20)33-24-30-13-29-21(32-24)15-6-7-18(16(10-15)11-28)38-19-8-9-34(12-17(19)27)25(36)39-26(2,3)4/h6-7,10,13-14,17,19H,5,8-9,12H2,1-4H3,(H,29,30,32,33). The van der Waals surface area contributed by atoms with Gasteiger partial charge in [0.05, 0.1) is 24.2 Å². The third-order valence-corrected chi connectivity index (χ3v) is 6.35. The smallest absolute Gasteiger partial charge is 0.410 e. The van der Waals surface area contributed by atoms with Crippen LogP contribution in [0.25, 0.3) is 11.4 Å². The van der Waals surface area contributed by atoms with Crippen LogP contribution in [0.2, 0.25) is 0 Å². The number of alkyl halides is 1. The van der Waals surface area contributed by atoms with Gasteiger partial charge in [0.15, 0.2) is 17.7 Å². The molecule has 1 saturated heterocycles. The van der Waals surface area contributed by atoms with Gasteiger partial charge in [0.1, 0.15) is 34.9 Å². The molecule has 14 heteroatoms. The third-order valence-electron chi connectivity index (χ3n) is 5.60. The fourth-order valence-electron chi connectivity index (χ4n) is 3.81. The van der Waals surface area contributed by atoms with E-state index in [-0.39, 0.29) is 54.9 Å². The van der Waals surface area contributed by atoms with E-state index in [9.17, 15) is 19.2 Å². The third kappa shape index (κ3) is 6.97. The van der Waals surface area contributed by atoms with Gasteiger partial charge in [-0.25, -0.2) is 28.9 Å². The van der Waals surface area contributed by atoms with Gasteiger partial charge in [-0.3, -0.25) is 0 Å². The van der Waals surface area contributed by atoms with Crippen molar-refractivity contribution in [3.63, 3.8) is 0 Å². The molecule has 0 aliphatic carbocycles. The second kappa shape index (κ2) is 12.2. The number of esters is 1. The van der Waals surface area contributed by atoms with Crippen molar-refractivity contribution in [2.45, 2.75) is 52.0 Å². The Bertz CT molecular complexity index is 1420. The molecule has 1 aliphatic rings. The molecule has 0 radical (unpaired) electrons. The van der Waals surface area contributed by atoms with E-state index in [0.717, 1.165) is 0 Å². The van der Waals surface area contributed by atoms with Crippen molar-refractivity contribution in [3.8, 4) is 23.2 Å². The Kier molecular flexibility index (Phi) is 8.73. The second-order valence-electron chi connectivity index (χ2n) is 9.72. The Morgan fingerprint density at radius 2 is 2.08 bits per heavy atom. The number of hydrogen-bond donors (Lipinski definition) is 1. The van der Waals surface area contributed by atoms with Crippen LogP contribution in [0.5, 0.6) is 5.75 Å². The average molecular weight is 570 g/mol. The van der Waals surface area contributed by atoms with Crippen LogP contribution < -0.4 is 10.1 Å². The van der Waals surface area contributed by atoms with Gasteiger partial charge >= 0.3 is 12.1 Å². The van der Waals surface area contributed by atoms with E-state index in [0.29, 0.717) is 10.6 Å². The molecule has 4 rings (SSSR count). The highest BCUT2D eigenvalue weighted by molar-refractivity contribution is 7.14. The summed E-state index contributed by atoms with van der Waals surface area (Å²) in [5.41, 5.74) is 1.60. The zero-order chi connectivity index (χ0) is 28.9. The molecular weight excluding hydrogens is 541 g/mol. The van der Waals surface area contributed by atoms with E-state index in [2.05, 4.69) is 31.3 Å². The Hall–Kier alpha value is -4.38. The number of piperidine rings is 1. The van der Waals surface area contributed by atoms with Crippen LogP contribution >= 0.6 is 11.3 Å². The van der Waals surface area contributed by atoms with Crippen LogP contribution in [-0.2, 0) is 9.47 Å². The number of hydrogen-bond acceptors (Lipinski definition) is 12. The number of nitrogens with zero attached hydrogens (tertiary/aromatic N) is 6. The maximum absolute atomic E-state index is 15.0. The first kappa shape index (κ1) is 28.6. The normalized spacial score (nSPS) is 17.1. The maximum atomic E-state index is 15.0. The summed E-state index contributed by atoms with van der Waals surface area (Å²) in [6.45, 7) is 7.25. The van der Waals surface area contributed by atoms with Crippen molar-refractivity contribution in [2.75, 3.05) is 25.0 Å². The van der Waals surface area contributed by atoms with E-state index in [1.807, 2.05) is 0 Å². The van der Waals surface area contributed by atoms with Crippen LogP contribution in [0.1, 0.15) is 50.2 Å². The lowest BCUT2D eigenvalue weighted by atomic mass is 10.1. The molecule has 0 spiro atoms. The molecule has 3 heterocycles. The molecule has 2 aromatic heterocycles. The molecule has 12 nitrogen and oxygen atoms in total. The van der Waals surface area contributed by atoms with E-state index in [4.69, 9.17) is 14.2 Å². The summed E-state index contributed by atoms with van der Waals surface area (Å²) in [5, 5.41) is 13.1. The highest BCUT2D eigenvalue weighted by Gasteiger charge is 2.35. The molecule has 3 aromatic rings. The quantitative estimate of drug-likeness (QED) is 0.400. The van der Waals surface area contributed by atoms with Gasteiger partial charge in [0.25, 0.3) is 0 Å². The Balaban J connectivity index is 1.45. The number of amides is 1. The summed E-state index contributed by atoms with van der Waals surface area (Å²) in [6, 6.07) is 6.81. The van der Waals surface area contributed by atoms with Gasteiger partial charge in [-0.1, -0.05) is 0 Å². The van der Waals surface area contributed by atoms with Crippen LogP contribution in [0.4, 0.5) is 20.1 Å². The average Bonchev–Trinajstić information content (AvgIpc) is 3.37. The van der Waals surface area contributed by atoms with Crippen LogP contribution in [0, 0.1) is 11.3 Å². The number of benzene rings is 1. The summed E-state index contributed by atoms with van der Waals surface area (Å²) in [6.07, 6.45) is -1.35. The monoisotopic (exact) mass is 569 g/mol. The fraction of sp³-hybridized carbons (Fsp3) is 0.423. The zero-order valence-corrected chi connectivity index (χ0v) is 23.2. The summed E-state index contributed by atoms with van der Waals surface area (Å²) in [5.74, 6) is 0.0639. The Labute approximate surface area is 234 Å². The van der Waals surface area contributed by atoms with Gasteiger partial charge < -0.3 is 24.4 Å². The van der Waals surface area contributed by atoms with Gasteiger partial charge in [0.2, 0.25) is 5.95 Å². The first-order valence-corrected chi connectivity index (χ1v) is 13.4. The summed E-state index contributed by atoms with van der Waals surface area (Å²) in [4.78, 5) is 42.4. The largest absolute Gasteiger partial charge is 0.486 e. The molecular formula is C26H28FN7O5S. The summed E-state index contributed by atoms with van der Waals surface area (Å²) >= 11 is 1.19. The molecule has 40 heavy (non-hydrogen) atoms. The number of rotatable bonds is 7. The van der Waals surface area contributed by atoms with Gasteiger partial charge in [-0.2, -0.15) is 10.2 Å². The molecule has 1 aliphatic heterocycles. The lowest BCUT2D eigenvalue weighted by Crippen LogP contribution is -2.50. The summed E-state index contributed by atoms with van der Waals surface area (Å²) < 4.78 is 31.2. The molecule has 2 atom stereocenters. The number of carbonyl (C=O) groups is 2. The number of nitriles is 1. The highest BCUT2D eigenvalue weighted by Crippen LogP contribution is 2.29. The fourth-order valence-corrected chi connectivity index (χ4v) is 4.47.